The van der Waals surface area contributed by atoms with Gasteiger partial charge in [0.2, 0.25) is 0 Å². The van der Waals surface area contributed by atoms with Crippen LogP contribution >= 0.6 is 11.3 Å². The van der Waals surface area contributed by atoms with Gasteiger partial charge in [-0.3, -0.25) is 4.79 Å². The first-order valence-corrected chi connectivity index (χ1v) is 11.0. The number of carbonyl (C=O) groups is 1. The maximum absolute atomic E-state index is 13.2. The standard InChI is InChI=1S/C24H26N2O3S/c1-4-7-17-14-18(15-20(28-2)22(17)29-3)24(27)26-12-10-16(11-13-26)23-25-19-8-5-6-9-21(19)30-23/h4-9,14-16H,10-13H2,1-3H3/b7-4+. The summed E-state index contributed by atoms with van der Waals surface area (Å²) < 4.78 is 12.2. The number of carbonyl (C=O) groups excluding carboxylic acids is 1. The van der Waals surface area contributed by atoms with Crippen molar-refractivity contribution < 1.29 is 14.3 Å². The molecule has 1 aromatic heterocycles. The summed E-state index contributed by atoms with van der Waals surface area (Å²) in [5.41, 5.74) is 2.53. The molecule has 0 radical (unpaired) electrons. The van der Waals surface area contributed by atoms with Crippen molar-refractivity contribution in [3.05, 3.63) is 58.6 Å². The summed E-state index contributed by atoms with van der Waals surface area (Å²) in [5, 5.41) is 1.18. The molecule has 1 aliphatic heterocycles. The quantitative estimate of drug-likeness (QED) is 0.555. The van der Waals surface area contributed by atoms with E-state index >= 15 is 0 Å². The number of allylic oxidation sites excluding steroid dienone is 1. The molecule has 2 heterocycles. The van der Waals surface area contributed by atoms with Crippen LogP contribution in [0.15, 0.2) is 42.5 Å². The van der Waals surface area contributed by atoms with E-state index in [-0.39, 0.29) is 5.91 Å². The third kappa shape index (κ3) is 3.92. The molecule has 3 aromatic rings. The Hall–Kier alpha value is -2.86. The van der Waals surface area contributed by atoms with E-state index < -0.39 is 0 Å². The van der Waals surface area contributed by atoms with Crippen LogP contribution in [0.3, 0.4) is 0 Å². The Morgan fingerprint density at radius 2 is 1.93 bits per heavy atom. The van der Waals surface area contributed by atoms with E-state index in [2.05, 4.69) is 18.2 Å². The van der Waals surface area contributed by atoms with Crippen molar-refractivity contribution in [1.82, 2.24) is 9.88 Å². The molecule has 0 N–H and O–H groups in total. The molecule has 1 amide bonds. The fraction of sp³-hybridized carbons (Fsp3) is 0.333. The minimum Gasteiger partial charge on any atom is -0.493 e. The number of rotatable bonds is 5. The first-order chi connectivity index (χ1) is 14.6. The van der Waals surface area contributed by atoms with Crippen molar-refractivity contribution in [1.29, 1.82) is 0 Å². The highest BCUT2D eigenvalue weighted by Gasteiger charge is 2.27. The number of likely N-dealkylation sites (tertiary alicyclic amines) is 1. The smallest absolute Gasteiger partial charge is 0.254 e. The highest BCUT2D eigenvalue weighted by atomic mass is 32.1. The Labute approximate surface area is 180 Å². The number of hydrogen-bond donors (Lipinski definition) is 0. The van der Waals surface area contributed by atoms with Gasteiger partial charge in [-0.1, -0.05) is 24.3 Å². The van der Waals surface area contributed by atoms with E-state index in [0.717, 1.165) is 37.0 Å². The van der Waals surface area contributed by atoms with Crippen LogP contribution in [0.5, 0.6) is 11.5 Å². The van der Waals surface area contributed by atoms with E-state index in [1.165, 1.54) is 9.71 Å². The molecule has 0 unspecified atom stereocenters. The number of benzene rings is 2. The molecule has 5 nitrogen and oxygen atoms in total. The number of methoxy groups -OCH3 is 2. The molecule has 1 aliphatic rings. The second-order valence-electron chi connectivity index (χ2n) is 7.39. The number of thiazole rings is 1. The van der Waals surface area contributed by atoms with Crippen LogP contribution in [0.1, 0.15) is 46.6 Å². The lowest BCUT2D eigenvalue weighted by atomic mass is 9.96. The molecular weight excluding hydrogens is 396 g/mol. The maximum Gasteiger partial charge on any atom is 0.254 e. The first-order valence-electron chi connectivity index (χ1n) is 10.2. The Bertz CT molecular complexity index is 1050. The predicted octanol–water partition coefficient (Wildman–Crippen LogP) is 5.37. The lowest BCUT2D eigenvalue weighted by Gasteiger charge is -2.31. The molecule has 0 aliphatic carbocycles. The number of amides is 1. The monoisotopic (exact) mass is 422 g/mol. The van der Waals surface area contributed by atoms with Crippen molar-refractivity contribution in [2.75, 3.05) is 27.3 Å². The van der Waals surface area contributed by atoms with Gasteiger partial charge in [0.1, 0.15) is 0 Å². The van der Waals surface area contributed by atoms with Gasteiger partial charge in [-0.15, -0.1) is 11.3 Å². The topological polar surface area (TPSA) is 51.7 Å². The maximum atomic E-state index is 13.2. The SMILES string of the molecule is C/C=C/c1cc(C(=O)N2CCC(c3nc4ccccc4s3)CC2)cc(OC)c1OC. The van der Waals surface area contributed by atoms with Gasteiger partial charge in [0.25, 0.3) is 5.91 Å². The second-order valence-corrected chi connectivity index (χ2v) is 8.45. The van der Waals surface area contributed by atoms with Crippen LogP contribution < -0.4 is 9.47 Å². The Balaban J connectivity index is 1.50. The molecule has 1 saturated heterocycles. The first kappa shape index (κ1) is 20.4. The molecule has 0 saturated carbocycles. The summed E-state index contributed by atoms with van der Waals surface area (Å²) in [7, 11) is 3.20. The summed E-state index contributed by atoms with van der Waals surface area (Å²) in [5.74, 6) is 1.66. The Morgan fingerprint density at radius 1 is 1.17 bits per heavy atom. The summed E-state index contributed by atoms with van der Waals surface area (Å²) >= 11 is 1.77. The molecule has 6 heteroatoms. The Morgan fingerprint density at radius 3 is 2.60 bits per heavy atom. The zero-order valence-electron chi connectivity index (χ0n) is 17.6. The van der Waals surface area contributed by atoms with Crippen LogP contribution in [0.4, 0.5) is 0 Å². The van der Waals surface area contributed by atoms with Crippen molar-refractivity contribution in [3.8, 4) is 11.5 Å². The van der Waals surface area contributed by atoms with E-state index in [1.807, 2.05) is 36.1 Å². The third-order valence-electron chi connectivity index (χ3n) is 5.54. The van der Waals surface area contributed by atoms with Crippen LogP contribution in [0.25, 0.3) is 16.3 Å². The van der Waals surface area contributed by atoms with Gasteiger partial charge in [-0.2, -0.15) is 0 Å². The lowest BCUT2D eigenvalue weighted by molar-refractivity contribution is 0.0712. The highest BCUT2D eigenvalue weighted by Crippen LogP contribution is 2.36. The average Bonchev–Trinajstić information content (AvgIpc) is 3.22. The minimum atomic E-state index is 0.0319. The molecule has 0 spiro atoms. The van der Waals surface area contributed by atoms with Crippen LogP contribution in [-0.4, -0.2) is 43.1 Å². The second kappa shape index (κ2) is 8.88. The van der Waals surface area contributed by atoms with Crippen molar-refractivity contribution in [3.63, 3.8) is 0 Å². The third-order valence-corrected chi connectivity index (χ3v) is 6.74. The summed E-state index contributed by atoms with van der Waals surface area (Å²) in [6, 6.07) is 11.9. The number of nitrogens with zero attached hydrogens (tertiary/aromatic N) is 2. The summed E-state index contributed by atoms with van der Waals surface area (Å²) in [6.45, 7) is 3.40. The van der Waals surface area contributed by atoms with E-state index in [0.29, 0.717) is 23.0 Å². The van der Waals surface area contributed by atoms with Gasteiger partial charge >= 0.3 is 0 Å². The van der Waals surface area contributed by atoms with Gasteiger partial charge in [0.15, 0.2) is 11.5 Å². The molecule has 2 aromatic carbocycles. The largest absolute Gasteiger partial charge is 0.493 e. The van der Waals surface area contributed by atoms with Gasteiger partial charge in [-0.25, -0.2) is 4.98 Å². The molecule has 0 bridgehead atoms. The van der Waals surface area contributed by atoms with E-state index in [1.54, 1.807) is 31.6 Å². The minimum absolute atomic E-state index is 0.0319. The zero-order chi connectivity index (χ0) is 21.1. The van der Waals surface area contributed by atoms with Gasteiger partial charge in [0, 0.05) is 30.1 Å². The van der Waals surface area contributed by atoms with Crippen LogP contribution in [0, 0.1) is 0 Å². The van der Waals surface area contributed by atoms with Gasteiger partial charge in [0.05, 0.1) is 29.4 Å². The predicted molar refractivity (Wildman–Crippen MR) is 122 cm³/mol. The van der Waals surface area contributed by atoms with Crippen molar-refractivity contribution in [2.24, 2.45) is 0 Å². The van der Waals surface area contributed by atoms with E-state index in [9.17, 15) is 4.79 Å². The molecule has 30 heavy (non-hydrogen) atoms. The molecule has 156 valence electrons. The number of ether oxygens (including phenoxy) is 2. The molecular formula is C24H26N2O3S. The summed E-state index contributed by atoms with van der Waals surface area (Å²) in [6.07, 6.45) is 5.72. The molecule has 0 atom stereocenters. The fourth-order valence-corrected chi connectivity index (χ4v) is 5.13. The summed E-state index contributed by atoms with van der Waals surface area (Å²) in [4.78, 5) is 20.0. The number of fused-ring (bicyclic) bond motifs is 1. The normalized spacial score (nSPS) is 15.1. The van der Waals surface area contributed by atoms with Gasteiger partial charge in [-0.05, 0) is 44.0 Å². The molecule has 1 fully saturated rings. The number of aromatic nitrogens is 1. The average molecular weight is 423 g/mol. The lowest BCUT2D eigenvalue weighted by Crippen LogP contribution is -2.38. The van der Waals surface area contributed by atoms with Crippen molar-refractivity contribution in [2.45, 2.75) is 25.7 Å². The highest BCUT2D eigenvalue weighted by molar-refractivity contribution is 7.18. The van der Waals surface area contributed by atoms with Gasteiger partial charge < -0.3 is 14.4 Å². The fourth-order valence-electron chi connectivity index (χ4n) is 4.00. The number of piperidine rings is 1. The number of para-hydroxylation sites is 1. The van der Waals surface area contributed by atoms with E-state index in [4.69, 9.17) is 14.5 Å². The molecule has 4 rings (SSSR count). The Kier molecular flexibility index (Phi) is 6.04. The number of hydrogen-bond acceptors (Lipinski definition) is 5. The van der Waals surface area contributed by atoms with Crippen molar-refractivity contribution >= 4 is 33.5 Å². The van der Waals surface area contributed by atoms with Crippen LogP contribution in [0.2, 0.25) is 0 Å². The van der Waals surface area contributed by atoms with Crippen LogP contribution in [-0.2, 0) is 0 Å². The zero-order valence-corrected chi connectivity index (χ0v) is 18.4.